The molecule has 5 heteroatoms. The Labute approximate surface area is 101 Å². The third-order valence-electron chi connectivity index (χ3n) is 2.83. The summed E-state index contributed by atoms with van der Waals surface area (Å²) in [5.74, 6) is 0. The molecule has 2 rings (SSSR count). The van der Waals surface area contributed by atoms with Crippen LogP contribution in [0.5, 0.6) is 0 Å². The monoisotopic (exact) mass is 236 g/mol. The lowest BCUT2D eigenvalue weighted by Crippen LogP contribution is -2.55. The number of pyridine rings is 1. The number of hydrogen-bond acceptors (Lipinski definition) is 3. The lowest BCUT2D eigenvalue weighted by molar-refractivity contribution is -0.578. The minimum atomic E-state index is 0.0126. The molecule has 5 nitrogen and oxygen atoms in total. The van der Waals surface area contributed by atoms with E-state index in [1.165, 1.54) is 0 Å². The fourth-order valence-electron chi connectivity index (χ4n) is 1.76. The number of anilines is 1. The van der Waals surface area contributed by atoms with E-state index in [4.69, 9.17) is 4.74 Å². The number of ether oxygens (including phenoxy) is 1. The third kappa shape index (κ3) is 2.74. The minimum Gasteiger partial charge on any atom is -0.377 e. The summed E-state index contributed by atoms with van der Waals surface area (Å²) in [4.78, 5) is 15.9. The number of morpholine rings is 1. The lowest BCUT2D eigenvalue weighted by Gasteiger charge is -2.20. The van der Waals surface area contributed by atoms with Crippen LogP contribution in [0.15, 0.2) is 24.5 Å². The summed E-state index contributed by atoms with van der Waals surface area (Å²) in [7, 11) is 3.95. The zero-order valence-corrected chi connectivity index (χ0v) is 10.3. The molecule has 0 aliphatic carbocycles. The molecule has 0 radical (unpaired) electrons. The van der Waals surface area contributed by atoms with Crippen LogP contribution in [0.2, 0.25) is 0 Å². The molecule has 0 aromatic carbocycles. The predicted octanol–water partition coefficient (Wildman–Crippen LogP) is 0.340. The number of nitrogens with zero attached hydrogens (tertiary/aromatic N) is 3. The maximum Gasteiger partial charge on any atom is 0.498 e. The number of rotatable bonds is 1. The molecule has 1 aliphatic rings. The fraction of sp³-hybridized carbons (Fsp3) is 0.500. The first kappa shape index (κ1) is 11.9. The molecular weight excluding hydrogens is 218 g/mol. The van der Waals surface area contributed by atoms with Crippen LogP contribution in [-0.4, -0.2) is 51.3 Å². The van der Waals surface area contributed by atoms with E-state index >= 15 is 0 Å². The predicted molar refractivity (Wildman–Crippen MR) is 64.2 cm³/mol. The van der Waals surface area contributed by atoms with E-state index in [0.29, 0.717) is 26.3 Å². The number of hydrogen-bond donors (Lipinski definition) is 0. The van der Waals surface area contributed by atoms with Crippen molar-refractivity contribution < 1.29 is 14.1 Å². The van der Waals surface area contributed by atoms with Gasteiger partial charge in [0.25, 0.3) is 0 Å². The molecule has 0 bridgehead atoms. The smallest absolute Gasteiger partial charge is 0.377 e. The summed E-state index contributed by atoms with van der Waals surface area (Å²) in [5, 5.41) is 0. The van der Waals surface area contributed by atoms with Crippen LogP contribution in [-0.2, 0) is 4.74 Å². The highest BCUT2D eigenvalue weighted by Gasteiger charge is 2.26. The molecule has 0 N–H and O–H groups in total. The lowest BCUT2D eigenvalue weighted by atomic mass is 10.4. The molecular formula is C12H18N3O2+. The Morgan fingerprint density at radius 1 is 1.29 bits per heavy atom. The zero-order valence-electron chi connectivity index (χ0n) is 10.3. The first-order valence-electron chi connectivity index (χ1n) is 5.74. The number of carbonyl (C=O) groups excluding carboxylic acids is 1. The van der Waals surface area contributed by atoms with Gasteiger partial charge in [0.2, 0.25) is 0 Å². The zero-order chi connectivity index (χ0) is 12.3. The first-order chi connectivity index (χ1) is 8.18. The van der Waals surface area contributed by atoms with E-state index in [-0.39, 0.29) is 6.03 Å². The van der Waals surface area contributed by atoms with Crippen molar-refractivity contribution in [2.75, 3.05) is 45.3 Å². The van der Waals surface area contributed by atoms with E-state index in [9.17, 15) is 4.79 Å². The Morgan fingerprint density at radius 3 is 2.41 bits per heavy atom. The SMILES string of the molecule is CN(C)c1cc[n+](C(=O)N2CCOCC2)cc1. The minimum absolute atomic E-state index is 0.0126. The van der Waals surface area contributed by atoms with Crippen molar-refractivity contribution in [1.29, 1.82) is 0 Å². The molecule has 0 atom stereocenters. The molecule has 92 valence electrons. The maximum absolute atomic E-state index is 12.1. The van der Waals surface area contributed by atoms with Crippen molar-refractivity contribution in [2.24, 2.45) is 0 Å². The van der Waals surface area contributed by atoms with Gasteiger partial charge in [-0.25, -0.2) is 4.90 Å². The summed E-state index contributed by atoms with van der Waals surface area (Å²) in [6, 6.07) is 3.87. The molecule has 17 heavy (non-hydrogen) atoms. The van der Waals surface area contributed by atoms with Crippen LogP contribution in [0.25, 0.3) is 0 Å². The van der Waals surface area contributed by atoms with Gasteiger partial charge in [0, 0.05) is 31.9 Å². The van der Waals surface area contributed by atoms with Crippen LogP contribution in [0.4, 0.5) is 10.5 Å². The molecule has 1 aromatic heterocycles. The molecule has 0 spiro atoms. The van der Waals surface area contributed by atoms with Gasteiger partial charge in [-0.1, -0.05) is 0 Å². The summed E-state index contributed by atoms with van der Waals surface area (Å²) < 4.78 is 6.84. The van der Waals surface area contributed by atoms with Gasteiger partial charge in [0.05, 0.1) is 13.2 Å². The van der Waals surface area contributed by atoms with Gasteiger partial charge in [0.1, 0.15) is 25.5 Å². The third-order valence-corrected chi connectivity index (χ3v) is 2.83. The van der Waals surface area contributed by atoms with E-state index in [0.717, 1.165) is 5.69 Å². The second-order valence-electron chi connectivity index (χ2n) is 4.24. The molecule has 1 aromatic rings. The highest BCUT2D eigenvalue weighted by atomic mass is 16.5. The molecule has 2 heterocycles. The molecule has 0 saturated carbocycles. The Balaban J connectivity index is 2.08. The first-order valence-corrected chi connectivity index (χ1v) is 5.74. The highest BCUT2D eigenvalue weighted by Crippen LogP contribution is 2.06. The molecule has 1 saturated heterocycles. The van der Waals surface area contributed by atoms with Crippen molar-refractivity contribution in [2.45, 2.75) is 0 Å². The number of aromatic nitrogens is 1. The standard InChI is InChI=1S/C12H18N3O2/c1-13(2)11-3-5-14(6-4-11)12(16)15-7-9-17-10-8-15/h3-6H,7-10H2,1-2H3/q+1. The second kappa shape index (κ2) is 5.14. The Hall–Kier alpha value is -1.62. The summed E-state index contributed by atoms with van der Waals surface area (Å²) >= 11 is 0. The molecule has 1 amide bonds. The van der Waals surface area contributed by atoms with Gasteiger partial charge >= 0.3 is 6.03 Å². The van der Waals surface area contributed by atoms with Crippen LogP contribution >= 0.6 is 0 Å². The van der Waals surface area contributed by atoms with Crippen molar-refractivity contribution in [1.82, 2.24) is 4.90 Å². The van der Waals surface area contributed by atoms with E-state index in [2.05, 4.69) is 0 Å². The number of carbonyl (C=O) groups is 1. The van der Waals surface area contributed by atoms with Gasteiger partial charge < -0.3 is 9.64 Å². The van der Waals surface area contributed by atoms with Crippen LogP contribution < -0.4 is 9.47 Å². The van der Waals surface area contributed by atoms with E-state index in [1.54, 1.807) is 21.9 Å². The average molecular weight is 236 g/mol. The van der Waals surface area contributed by atoms with Crippen molar-refractivity contribution >= 4 is 11.7 Å². The van der Waals surface area contributed by atoms with Crippen LogP contribution in [0.3, 0.4) is 0 Å². The Kier molecular flexibility index (Phi) is 3.58. The molecule has 1 fully saturated rings. The quantitative estimate of drug-likeness (QED) is 0.660. The Bertz CT molecular complexity index is 383. The summed E-state index contributed by atoms with van der Waals surface area (Å²) in [6.07, 6.45) is 3.60. The van der Waals surface area contributed by atoms with Gasteiger partial charge in [-0.05, 0) is 0 Å². The molecule has 0 unspecified atom stereocenters. The van der Waals surface area contributed by atoms with Crippen molar-refractivity contribution in [3.8, 4) is 0 Å². The van der Waals surface area contributed by atoms with Gasteiger partial charge in [-0.15, -0.1) is 0 Å². The summed E-state index contributed by atoms with van der Waals surface area (Å²) in [5.41, 5.74) is 1.08. The van der Waals surface area contributed by atoms with E-state index < -0.39 is 0 Å². The number of amides is 1. The van der Waals surface area contributed by atoms with Gasteiger partial charge in [-0.2, -0.15) is 9.36 Å². The van der Waals surface area contributed by atoms with Crippen molar-refractivity contribution in [3.05, 3.63) is 24.5 Å². The van der Waals surface area contributed by atoms with Crippen LogP contribution in [0, 0.1) is 0 Å². The topological polar surface area (TPSA) is 36.7 Å². The van der Waals surface area contributed by atoms with Crippen LogP contribution in [0.1, 0.15) is 0 Å². The highest BCUT2D eigenvalue weighted by molar-refractivity contribution is 5.65. The van der Waals surface area contributed by atoms with Gasteiger partial charge in [-0.3, -0.25) is 0 Å². The maximum atomic E-state index is 12.1. The molecule has 1 aliphatic heterocycles. The van der Waals surface area contributed by atoms with E-state index in [1.807, 2.05) is 31.1 Å². The fourth-order valence-corrected chi connectivity index (χ4v) is 1.76. The normalized spacial score (nSPS) is 15.8. The second-order valence-corrected chi connectivity index (χ2v) is 4.24. The summed E-state index contributed by atoms with van der Waals surface area (Å²) in [6.45, 7) is 2.59. The average Bonchev–Trinajstić information content (AvgIpc) is 2.39. The largest absolute Gasteiger partial charge is 0.498 e. The Morgan fingerprint density at radius 2 is 1.88 bits per heavy atom. The van der Waals surface area contributed by atoms with Crippen molar-refractivity contribution in [3.63, 3.8) is 0 Å². The van der Waals surface area contributed by atoms with Gasteiger partial charge in [0.15, 0.2) is 0 Å².